The third kappa shape index (κ3) is 3.35. The second kappa shape index (κ2) is 6.80. The summed E-state index contributed by atoms with van der Waals surface area (Å²) in [6.45, 7) is 2.96. The zero-order valence-electron chi connectivity index (χ0n) is 13.9. The molecule has 0 radical (unpaired) electrons. The molecule has 0 amide bonds. The van der Waals surface area contributed by atoms with Gasteiger partial charge in [-0.25, -0.2) is 0 Å². The number of rotatable bonds is 3. The lowest BCUT2D eigenvalue weighted by Crippen LogP contribution is -2.26. The number of fused-ring (bicyclic) bond motifs is 1. The van der Waals surface area contributed by atoms with Crippen LogP contribution >= 0.6 is 15.9 Å². The average Bonchev–Trinajstić information content (AvgIpc) is 2.64. The van der Waals surface area contributed by atoms with E-state index in [0.29, 0.717) is 11.8 Å². The third-order valence-corrected chi connectivity index (χ3v) is 5.22. The Balaban J connectivity index is 1.63. The lowest BCUT2D eigenvalue weighted by atomic mass is 10.0. The summed E-state index contributed by atoms with van der Waals surface area (Å²) in [7, 11) is 0. The lowest BCUT2D eigenvalue weighted by Gasteiger charge is -2.29. The van der Waals surface area contributed by atoms with Gasteiger partial charge in [-0.05, 0) is 55.2 Å². The predicted molar refractivity (Wildman–Crippen MR) is 104 cm³/mol. The summed E-state index contributed by atoms with van der Waals surface area (Å²) >= 11 is 3.52. The number of halogens is 1. The second-order valence-corrected chi connectivity index (χ2v) is 6.97. The molecule has 0 saturated carbocycles. The topological polar surface area (TPSA) is 53.9 Å². The second-order valence-electron chi connectivity index (χ2n) is 6.11. The standard InChI is InChI=1S/C19H18BrN5/c1-13-11-15(8-9-16(13)20)22-18-12-21-24-19(23-18)25-10-4-6-14-5-2-3-7-17(14)25/h2-3,5,7-9,11-12H,4,6,10H2,1H3,(H,22,23,24). The van der Waals surface area contributed by atoms with Gasteiger partial charge in [0.2, 0.25) is 0 Å². The van der Waals surface area contributed by atoms with Crippen LogP contribution in [0.5, 0.6) is 0 Å². The first-order valence-electron chi connectivity index (χ1n) is 8.29. The molecule has 0 unspecified atom stereocenters. The average molecular weight is 396 g/mol. The number of hydrogen-bond acceptors (Lipinski definition) is 5. The van der Waals surface area contributed by atoms with Crippen molar-refractivity contribution in [3.05, 3.63) is 64.3 Å². The molecule has 5 nitrogen and oxygen atoms in total. The number of para-hydroxylation sites is 1. The summed E-state index contributed by atoms with van der Waals surface area (Å²) in [5.41, 5.74) is 4.65. The molecule has 1 aliphatic heterocycles. The van der Waals surface area contributed by atoms with Crippen LogP contribution in [0.1, 0.15) is 17.5 Å². The maximum Gasteiger partial charge on any atom is 0.251 e. The molecule has 3 aromatic rings. The molecule has 2 heterocycles. The fraction of sp³-hybridized carbons (Fsp3) is 0.211. The van der Waals surface area contributed by atoms with Gasteiger partial charge in [-0.1, -0.05) is 34.1 Å². The predicted octanol–water partition coefficient (Wildman–Crippen LogP) is 4.77. The van der Waals surface area contributed by atoms with Gasteiger partial charge in [0.15, 0.2) is 5.82 Å². The third-order valence-electron chi connectivity index (χ3n) is 4.33. The Hall–Kier alpha value is -2.47. The number of hydrogen-bond donors (Lipinski definition) is 1. The van der Waals surface area contributed by atoms with Gasteiger partial charge in [0.1, 0.15) is 0 Å². The Morgan fingerprint density at radius 1 is 1.16 bits per heavy atom. The van der Waals surface area contributed by atoms with Crippen molar-refractivity contribution in [1.82, 2.24) is 15.2 Å². The summed E-state index contributed by atoms with van der Waals surface area (Å²) in [5, 5.41) is 11.7. The zero-order valence-corrected chi connectivity index (χ0v) is 15.5. The van der Waals surface area contributed by atoms with Crippen LogP contribution in [0.15, 0.2) is 53.1 Å². The van der Waals surface area contributed by atoms with E-state index in [1.165, 1.54) is 11.3 Å². The molecule has 1 aromatic heterocycles. The number of aromatic nitrogens is 3. The highest BCUT2D eigenvalue weighted by Gasteiger charge is 2.20. The maximum absolute atomic E-state index is 4.67. The van der Waals surface area contributed by atoms with Gasteiger partial charge in [-0.3, -0.25) is 0 Å². The number of anilines is 4. The Labute approximate surface area is 155 Å². The van der Waals surface area contributed by atoms with Gasteiger partial charge in [0.25, 0.3) is 5.95 Å². The molecular weight excluding hydrogens is 378 g/mol. The number of benzene rings is 2. The van der Waals surface area contributed by atoms with E-state index in [9.17, 15) is 0 Å². The molecule has 1 aliphatic rings. The van der Waals surface area contributed by atoms with Gasteiger partial charge >= 0.3 is 0 Å². The van der Waals surface area contributed by atoms with E-state index in [2.05, 4.69) is 78.6 Å². The van der Waals surface area contributed by atoms with Crippen molar-refractivity contribution >= 4 is 39.1 Å². The molecule has 0 spiro atoms. The molecule has 4 rings (SSSR count). The van der Waals surface area contributed by atoms with Crippen LogP contribution in [0.3, 0.4) is 0 Å². The number of aryl methyl sites for hydroxylation is 2. The van der Waals surface area contributed by atoms with Crippen molar-refractivity contribution < 1.29 is 0 Å². The molecule has 1 N–H and O–H groups in total. The molecule has 0 bridgehead atoms. The molecule has 126 valence electrons. The minimum atomic E-state index is 0.631. The van der Waals surface area contributed by atoms with Crippen LogP contribution in [0.2, 0.25) is 0 Å². The molecule has 0 fully saturated rings. The monoisotopic (exact) mass is 395 g/mol. The van der Waals surface area contributed by atoms with Gasteiger partial charge in [-0.2, -0.15) is 10.1 Å². The highest BCUT2D eigenvalue weighted by Crippen LogP contribution is 2.31. The minimum absolute atomic E-state index is 0.631. The highest BCUT2D eigenvalue weighted by molar-refractivity contribution is 9.10. The maximum atomic E-state index is 4.67. The van der Waals surface area contributed by atoms with Crippen molar-refractivity contribution in [1.29, 1.82) is 0 Å². The Bertz CT molecular complexity index is 912. The van der Waals surface area contributed by atoms with Gasteiger partial charge in [-0.15, -0.1) is 5.10 Å². The van der Waals surface area contributed by atoms with E-state index in [0.717, 1.165) is 35.1 Å². The Morgan fingerprint density at radius 3 is 2.92 bits per heavy atom. The van der Waals surface area contributed by atoms with E-state index in [1.54, 1.807) is 6.20 Å². The van der Waals surface area contributed by atoms with Crippen molar-refractivity contribution in [2.24, 2.45) is 0 Å². The summed E-state index contributed by atoms with van der Waals surface area (Å²) < 4.78 is 1.09. The van der Waals surface area contributed by atoms with Crippen molar-refractivity contribution in [3.8, 4) is 0 Å². The first-order valence-corrected chi connectivity index (χ1v) is 9.08. The van der Waals surface area contributed by atoms with E-state index < -0.39 is 0 Å². The highest BCUT2D eigenvalue weighted by atomic mass is 79.9. The van der Waals surface area contributed by atoms with Crippen LogP contribution in [-0.4, -0.2) is 21.7 Å². The van der Waals surface area contributed by atoms with Crippen LogP contribution in [0.25, 0.3) is 0 Å². The fourth-order valence-corrected chi connectivity index (χ4v) is 3.33. The van der Waals surface area contributed by atoms with Crippen LogP contribution in [0, 0.1) is 6.92 Å². The van der Waals surface area contributed by atoms with Gasteiger partial charge in [0, 0.05) is 22.4 Å². The number of nitrogens with zero attached hydrogens (tertiary/aromatic N) is 4. The lowest BCUT2D eigenvalue weighted by molar-refractivity contribution is 0.742. The summed E-state index contributed by atoms with van der Waals surface area (Å²) in [6, 6.07) is 14.5. The Kier molecular flexibility index (Phi) is 4.36. The van der Waals surface area contributed by atoms with Gasteiger partial charge < -0.3 is 10.2 Å². The van der Waals surface area contributed by atoms with Crippen molar-refractivity contribution in [2.75, 3.05) is 16.8 Å². The molecule has 0 atom stereocenters. The van der Waals surface area contributed by atoms with E-state index in [4.69, 9.17) is 0 Å². The van der Waals surface area contributed by atoms with Crippen LogP contribution < -0.4 is 10.2 Å². The molecule has 0 aliphatic carbocycles. The Morgan fingerprint density at radius 2 is 2.04 bits per heavy atom. The van der Waals surface area contributed by atoms with E-state index >= 15 is 0 Å². The number of nitrogens with one attached hydrogen (secondary N) is 1. The SMILES string of the molecule is Cc1cc(Nc2cnnc(N3CCCc4ccccc43)n2)ccc1Br. The quantitative estimate of drug-likeness (QED) is 0.691. The van der Waals surface area contributed by atoms with E-state index in [-0.39, 0.29) is 0 Å². The molecular formula is C19H18BrN5. The molecule has 2 aromatic carbocycles. The van der Waals surface area contributed by atoms with Crippen molar-refractivity contribution in [2.45, 2.75) is 19.8 Å². The largest absolute Gasteiger partial charge is 0.339 e. The first kappa shape index (κ1) is 16.0. The fourth-order valence-electron chi connectivity index (χ4n) is 3.08. The smallest absolute Gasteiger partial charge is 0.251 e. The first-order chi connectivity index (χ1) is 12.2. The minimum Gasteiger partial charge on any atom is -0.339 e. The molecule has 25 heavy (non-hydrogen) atoms. The summed E-state index contributed by atoms with van der Waals surface area (Å²) in [5.74, 6) is 1.32. The normalized spacial score (nSPS) is 13.4. The van der Waals surface area contributed by atoms with Gasteiger partial charge in [0.05, 0.1) is 6.20 Å². The summed E-state index contributed by atoms with van der Waals surface area (Å²) in [6.07, 6.45) is 3.83. The summed E-state index contributed by atoms with van der Waals surface area (Å²) in [4.78, 5) is 6.81. The molecule has 6 heteroatoms. The van der Waals surface area contributed by atoms with Crippen molar-refractivity contribution in [3.63, 3.8) is 0 Å². The molecule has 0 saturated heterocycles. The zero-order chi connectivity index (χ0) is 17.2. The van der Waals surface area contributed by atoms with E-state index in [1.807, 2.05) is 12.1 Å². The van der Waals surface area contributed by atoms with Crippen LogP contribution in [-0.2, 0) is 6.42 Å². The van der Waals surface area contributed by atoms with Crippen LogP contribution in [0.4, 0.5) is 23.1 Å².